The van der Waals surface area contributed by atoms with Crippen molar-refractivity contribution >= 4 is 62.5 Å². The number of amides is 5. The van der Waals surface area contributed by atoms with E-state index in [0.717, 1.165) is 84.0 Å². The summed E-state index contributed by atoms with van der Waals surface area (Å²) in [5.74, 6) is -1.41. The molecule has 0 spiro atoms. The second-order valence-electron chi connectivity index (χ2n) is 16.8. The number of nitrogens with zero attached hydrogens (tertiary/aromatic N) is 4. The zero-order valence-electron chi connectivity index (χ0n) is 33.7. The van der Waals surface area contributed by atoms with Crippen LogP contribution in [-0.2, 0) is 19.9 Å². The van der Waals surface area contributed by atoms with E-state index in [4.69, 9.17) is 9.72 Å². The predicted molar refractivity (Wildman–Crippen MR) is 224 cm³/mol. The lowest BCUT2D eigenvalue weighted by molar-refractivity contribution is -0.136. The summed E-state index contributed by atoms with van der Waals surface area (Å²) in [6.07, 6.45) is 6.33. The number of imide groups is 2. The number of piperidine rings is 1. The van der Waals surface area contributed by atoms with Gasteiger partial charge in [-0.05, 0) is 108 Å². The van der Waals surface area contributed by atoms with Gasteiger partial charge in [0, 0.05) is 61.1 Å². The van der Waals surface area contributed by atoms with Gasteiger partial charge >= 0.3 is 0 Å². The van der Waals surface area contributed by atoms with E-state index in [2.05, 4.69) is 25.8 Å². The number of aryl methyl sites for hydroxylation is 1. The predicted octanol–water partition coefficient (Wildman–Crippen LogP) is 5.75. The third-order valence-electron chi connectivity index (χ3n) is 12.0. The van der Waals surface area contributed by atoms with Crippen LogP contribution >= 0.6 is 11.3 Å². The van der Waals surface area contributed by atoms with Gasteiger partial charge in [-0.15, -0.1) is 11.3 Å². The monoisotopic (exact) mass is 821 g/mol. The Hall–Kier alpha value is -5.09. The topological polar surface area (TPSA) is 183 Å². The van der Waals surface area contributed by atoms with Crippen molar-refractivity contribution in [3.8, 4) is 0 Å². The van der Waals surface area contributed by atoms with Crippen LogP contribution in [0.25, 0.3) is 10.2 Å². The molecule has 0 radical (unpaired) electrons. The van der Waals surface area contributed by atoms with E-state index in [1.54, 1.807) is 55.5 Å². The van der Waals surface area contributed by atoms with Crippen LogP contribution in [0.5, 0.6) is 0 Å². The molecule has 2 aromatic heterocycles. The van der Waals surface area contributed by atoms with Crippen LogP contribution in [0.1, 0.15) is 119 Å². The third-order valence-corrected chi connectivity index (χ3v) is 13.2. The maximum absolute atomic E-state index is 13.4. The lowest BCUT2D eigenvalue weighted by Crippen LogP contribution is -2.54. The molecule has 5 amide bonds. The van der Waals surface area contributed by atoms with Crippen LogP contribution in [-0.4, -0.2) is 99.3 Å². The van der Waals surface area contributed by atoms with Gasteiger partial charge in [0.15, 0.2) is 0 Å². The Bertz CT molecular complexity index is 2300. The number of aliphatic hydroxyl groups is 1. The van der Waals surface area contributed by atoms with Crippen molar-refractivity contribution in [2.45, 2.75) is 95.8 Å². The SMILES string of the molecule is Cc1cccc(C(=O)Nc2cc3sc([C@H]4CC[C@H](CN5CCO[C@@H](CCCNc6cccc7c6C(=O)N(C6CCC(=O)NC6=O)C7=O)C5)CC4)nc3cc2C(C)(C)O)n1. The van der Waals surface area contributed by atoms with E-state index < -0.39 is 35.3 Å². The summed E-state index contributed by atoms with van der Waals surface area (Å²) in [7, 11) is 0. The number of morpholine rings is 1. The number of rotatable bonds is 12. The molecule has 2 atom stereocenters. The molecular weight excluding hydrogens is 771 g/mol. The fraction of sp³-hybridized carbons (Fsp3) is 0.477. The molecule has 15 heteroatoms. The molecule has 310 valence electrons. The number of ether oxygens (including phenoxy) is 1. The number of hydrogen-bond acceptors (Lipinski definition) is 12. The van der Waals surface area contributed by atoms with E-state index in [1.165, 1.54) is 0 Å². The van der Waals surface area contributed by atoms with Crippen LogP contribution < -0.4 is 16.0 Å². The minimum Gasteiger partial charge on any atom is -0.386 e. The standard InChI is InChI=1S/C44H51N7O7S/c1-25-7-4-11-32(46-25)39(53)47-33-22-36-34(21-30(33)44(2,3)57)48-41(59-36)27-14-12-26(13-15-27)23-50-19-20-58-28(24-50)8-6-18-45-31-10-5-9-29-38(31)43(56)51(42(29)55)35-16-17-37(52)49-40(35)54/h4-5,7,9-11,21-22,26-28,35,45,57H,6,8,12-20,23-24H2,1-3H3,(H,47,53)(H,49,52,54)/t26-,27-,28-,35?/m0/s1. The average molecular weight is 822 g/mol. The maximum atomic E-state index is 13.4. The molecule has 59 heavy (non-hydrogen) atoms. The number of carbonyl (C=O) groups excluding carboxylic acids is 5. The fourth-order valence-corrected chi connectivity index (χ4v) is 10.1. The Labute approximate surface area is 347 Å². The van der Waals surface area contributed by atoms with Crippen molar-refractivity contribution in [1.82, 2.24) is 25.1 Å². The first-order chi connectivity index (χ1) is 28.3. The number of aromatic nitrogens is 2. The summed E-state index contributed by atoms with van der Waals surface area (Å²) >= 11 is 1.67. The van der Waals surface area contributed by atoms with E-state index >= 15 is 0 Å². The smallest absolute Gasteiger partial charge is 0.274 e. The number of thiazole rings is 1. The van der Waals surface area contributed by atoms with Crippen LogP contribution in [0.15, 0.2) is 48.5 Å². The lowest BCUT2D eigenvalue weighted by Gasteiger charge is -2.37. The van der Waals surface area contributed by atoms with Crippen LogP contribution in [0.2, 0.25) is 0 Å². The van der Waals surface area contributed by atoms with E-state index in [0.29, 0.717) is 47.6 Å². The van der Waals surface area contributed by atoms with Gasteiger partial charge in [0.25, 0.3) is 17.7 Å². The zero-order valence-corrected chi connectivity index (χ0v) is 34.5. The zero-order chi connectivity index (χ0) is 41.4. The molecule has 3 fully saturated rings. The molecule has 4 N–H and O–H groups in total. The Morgan fingerprint density at radius 1 is 1.00 bits per heavy atom. The van der Waals surface area contributed by atoms with Gasteiger partial charge in [0.1, 0.15) is 11.7 Å². The number of anilines is 2. The number of nitrogens with one attached hydrogen (secondary N) is 3. The number of hydrogen-bond donors (Lipinski definition) is 4. The molecule has 1 saturated carbocycles. The highest BCUT2D eigenvalue weighted by Gasteiger charge is 2.45. The summed E-state index contributed by atoms with van der Waals surface area (Å²) in [5, 5.41) is 20.7. The number of carbonyl (C=O) groups is 5. The minimum absolute atomic E-state index is 0.0783. The normalized spacial score (nSPS) is 22.7. The van der Waals surface area contributed by atoms with Gasteiger partial charge in [-0.2, -0.15) is 0 Å². The quantitative estimate of drug-likeness (QED) is 0.101. The van der Waals surface area contributed by atoms with E-state index in [1.807, 2.05) is 25.1 Å². The molecule has 1 aliphatic carbocycles. The molecule has 0 bridgehead atoms. The molecule has 1 unspecified atom stereocenters. The van der Waals surface area contributed by atoms with Crippen molar-refractivity contribution in [3.05, 3.63) is 81.6 Å². The second-order valence-corrected chi connectivity index (χ2v) is 17.9. The molecule has 8 rings (SSSR count). The summed E-state index contributed by atoms with van der Waals surface area (Å²) in [6, 6.07) is 13.3. The van der Waals surface area contributed by atoms with Gasteiger partial charge < -0.3 is 20.5 Å². The maximum Gasteiger partial charge on any atom is 0.274 e. The van der Waals surface area contributed by atoms with E-state index in [-0.39, 0.29) is 36.0 Å². The largest absolute Gasteiger partial charge is 0.386 e. The summed E-state index contributed by atoms with van der Waals surface area (Å²) in [5.41, 5.74) is 2.99. The molecule has 5 heterocycles. The first-order valence-electron chi connectivity index (χ1n) is 20.7. The van der Waals surface area contributed by atoms with Crippen LogP contribution in [0.3, 0.4) is 0 Å². The molecule has 14 nitrogen and oxygen atoms in total. The number of benzene rings is 2. The van der Waals surface area contributed by atoms with Crippen molar-refractivity contribution in [2.24, 2.45) is 5.92 Å². The molecule has 2 aromatic carbocycles. The molecule has 4 aliphatic rings. The van der Waals surface area contributed by atoms with Gasteiger partial charge in [0.2, 0.25) is 11.8 Å². The Morgan fingerprint density at radius 2 is 1.80 bits per heavy atom. The Morgan fingerprint density at radius 3 is 2.56 bits per heavy atom. The average Bonchev–Trinajstić information content (AvgIpc) is 3.74. The number of fused-ring (bicyclic) bond motifs is 2. The van der Waals surface area contributed by atoms with Crippen molar-refractivity contribution in [2.75, 3.05) is 43.4 Å². The van der Waals surface area contributed by atoms with Crippen molar-refractivity contribution < 1.29 is 33.8 Å². The first-order valence-corrected chi connectivity index (χ1v) is 21.5. The third kappa shape index (κ3) is 8.79. The van der Waals surface area contributed by atoms with E-state index in [9.17, 15) is 29.1 Å². The summed E-state index contributed by atoms with van der Waals surface area (Å²) in [4.78, 5) is 76.8. The molecule has 2 saturated heterocycles. The minimum atomic E-state index is -1.19. The van der Waals surface area contributed by atoms with Crippen molar-refractivity contribution in [1.29, 1.82) is 0 Å². The highest BCUT2D eigenvalue weighted by atomic mass is 32.1. The highest BCUT2D eigenvalue weighted by molar-refractivity contribution is 7.18. The summed E-state index contributed by atoms with van der Waals surface area (Å²) in [6.45, 7) is 9.36. The van der Waals surface area contributed by atoms with Crippen LogP contribution in [0, 0.1) is 12.8 Å². The molecular formula is C44H51N7O7S. The van der Waals surface area contributed by atoms with Crippen LogP contribution in [0.4, 0.5) is 11.4 Å². The highest BCUT2D eigenvalue weighted by Crippen LogP contribution is 2.42. The Balaban J connectivity index is 0.815. The molecule has 3 aliphatic heterocycles. The first kappa shape index (κ1) is 40.7. The van der Waals surface area contributed by atoms with Gasteiger partial charge in [-0.3, -0.25) is 39.1 Å². The molecule has 4 aromatic rings. The summed E-state index contributed by atoms with van der Waals surface area (Å²) < 4.78 is 7.13. The van der Waals surface area contributed by atoms with Gasteiger partial charge in [-0.25, -0.2) is 9.97 Å². The number of pyridine rings is 1. The van der Waals surface area contributed by atoms with Gasteiger partial charge in [0.05, 0.1) is 44.7 Å². The van der Waals surface area contributed by atoms with Crippen molar-refractivity contribution in [3.63, 3.8) is 0 Å². The Kier molecular flexibility index (Phi) is 11.6. The fourth-order valence-electron chi connectivity index (χ4n) is 8.92. The lowest BCUT2D eigenvalue weighted by atomic mass is 9.82. The second kappa shape index (κ2) is 16.9. The van der Waals surface area contributed by atoms with Gasteiger partial charge in [-0.1, -0.05) is 12.1 Å².